The van der Waals surface area contributed by atoms with E-state index in [0.29, 0.717) is 5.92 Å². The van der Waals surface area contributed by atoms with Gasteiger partial charge >= 0.3 is 0 Å². The predicted molar refractivity (Wildman–Crippen MR) is 114 cm³/mol. The van der Waals surface area contributed by atoms with Crippen LogP contribution in [0.1, 0.15) is 56.6 Å². The number of rotatable bonds is 7. The molecule has 1 aromatic carbocycles. The van der Waals surface area contributed by atoms with Gasteiger partial charge in [-0.1, -0.05) is 18.2 Å². The van der Waals surface area contributed by atoms with Crippen molar-refractivity contribution in [3.05, 3.63) is 29.8 Å². The lowest BCUT2D eigenvalue weighted by Gasteiger charge is -2.40. The van der Waals surface area contributed by atoms with E-state index < -0.39 is 0 Å². The lowest BCUT2D eigenvalue weighted by Crippen LogP contribution is -2.46. The molecule has 6 nitrogen and oxygen atoms in total. The quantitative estimate of drug-likeness (QED) is 0.416. The Morgan fingerprint density at radius 1 is 1.28 bits per heavy atom. The molecule has 3 aliphatic rings. The highest BCUT2D eigenvalue weighted by atomic mass is 16.5. The van der Waals surface area contributed by atoms with E-state index in [0.717, 1.165) is 76.8 Å². The molecule has 2 heterocycles. The summed E-state index contributed by atoms with van der Waals surface area (Å²) in [5.74, 6) is 2.45. The van der Waals surface area contributed by atoms with Gasteiger partial charge in [0.25, 0.3) is 0 Å². The molecule has 160 valence electrons. The summed E-state index contributed by atoms with van der Waals surface area (Å²) in [5.41, 5.74) is 1.22. The molecule has 0 aromatic heterocycles. The molecule has 2 aliphatic heterocycles. The van der Waals surface area contributed by atoms with E-state index >= 15 is 0 Å². The Bertz CT molecular complexity index is 682. The van der Waals surface area contributed by atoms with Crippen LogP contribution in [-0.4, -0.2) is 51.6 Å². The van der Waals surface area contributed by atoms with Crippen LogP contribution in [0.25, 0.3) is 0 Å². The van der Waals surface area contributed by atoms with Gasteiger partial charge in [-0.25, -0.2) is 0 Å². The van der Waals surface area contributed by atoms with Crippen molar-refractivity contribution in [2.45, 2.75) is 56.6 Å². The molecule has 2 unspecified atom stereocenters. The molecule has 1 spiro atoms. The topological polar surface area (TPSA) is 64.1 Å². The Labute approximate surface area is 174 Å². The number of benzene rings is 1. The van der Waals surface area contributed by atoms with E-state index in [1.165, 1.54) is 18.4 Å². The summed E-state index contributed by atoms with van der Waals surface area (Å²) in [6.45, 7) is 4.16. The zero-order chi connectivity index (χ0) is 19.9. The van der Waals surface area contributed by atoms with E-state index in [-0.39, 0.29) is 11.6 Å². The van der Waals surface area contributed by atoms with Gasteiger partial charge in [-0.15, -0.1) is 0 Å². The van der Waals surface area contributed by atoms with Gasteiger partial charge in [-0.05, 0) is 44.6 Å². The molecule has 1 saturated heterocycles. The van der Waals surface area contributed by atoms with Crippen LogP contribution in [-0.2, 0) is 9.47 Å². The SMILES string of the molecule is CN=C(NCCCOCC1CCOC1)NC1CC2(CCCC2)Oc2ccccc21. The van der Waals surface area contributed by atoms with E-state index in [2.05, 4.69) is 39.9 Å². The number of hydrogen-bond donors (Lipinski definition) is 2. The van der Waals surface area contributed by atoms with Crippen molar-refractivity contribution in [1.29, 1.82) is 0 Å². The van der Waals surface area contributed by atoms with Gasteiger partial charge in [0.2, 0.25) is 0 Å². The Morgan fingerprint density at radius 3 is 2.93 bits per heavy atom. The fourth-order valence-corrected chi connectivity index (χ4v) is 4.78. The molecular weight excluding hydrogens is 366 g/mol. The average molecular weight is 402 g/mol. The molecule has 1 saturated carbocycles. The minimum atomic E-state index is -0.0112. The normalized spacial score (nSPS) is 25.6. The van der Waals surface area contributed by atoms with Gasteiger partial charge in [-0.3, -0.25) is 4.99 Å². The Hall–Kier alpha value is -1.79. The maximum atomic E-state index is 6.47. The molecule has 0 bridgehead atoms. The maximum Gasteiger partial charge on any atom is 0.191 e. The molecule has 4 rings (SSSR count). The zero-order valence-corrected chi connectivity index (χ0v) is 17.6. The van der Waals surface area contributed by atoms with Crippen LogP contribution in [0.4, 0.5) is 0 Å². The summed E-state index contributed by atoms with van der Waals surface area (Å²) < 4.78 is 17.7. The van der Waals surface area contributed by atoms with Crippen molar-refractivity contribution >= 4 is 5.96 Å². The summed E-state index contributed by atoms with van der Waals surface area (Å²) in [5, 5.41) is 7.10. The van der Waals surface area contributed by atoms with Gasteiger partial charge in [-0.2, -0.15) is 0 Å². The highest BCUT2D eigenvalue weighted by molar-refractivity contribution is 5.80. The highest BCUT2D eigenvalue weighted by Crippen LogP contribution is 2.46. The highest BCUT2D eigenvalue weighted by Gasteiger charge is 2.43. The Kier molecular flexibility index (Phi) is 6.93. The number of ether oxygens (including phenoxy) is 3. The molecule has 2 fully saturated rings. The maximum absolute atomic E-state index is 6.47. The van der Waals surface area contributed by atoms with Crippen LogP contribution in [0.5, 0.6) is 5.75 Å². The number of nitrogens with one attached hydrogen (secondary N) is 2. The second-order valence-electron chi connectivity index (χ2n) is 8.59. The molecule has 29 heavy (non-hydrogen) atoms. The number of para-hydroxylation sites is 1. The summed E-state index contributed by atoms with van der Waals surface area (Å²) in [6.07, 6.45) is 7.90. The van der Waals surface area contributed by atoms with Crippen LogP contribution in [0.2, 0.25) is 0 Å². The second-order valence-corrected chi connectivity index (χ2v) is 8.59. The van der Waals surface area contributed by atoms with Crippen molar-refractivity contribution < 1.29 is 14.2 Å². The minimum Gasteiger partial charge on any atom is -0.487 e. The third-order valence-electron chi connectivity index (χ3n) is 6.38. The first kappa shape index (κ1) is 20.5. The predicted octanol–water partition coefficient (Wildman–Crippen LogP) is 3.43. The van der Waals surface area contributed by atoms with Crippen LogP contribution >= 0.6 is 0 Å². The zero-order valence-electron chi connectivity index (χ0n) is 17.6. The monoisotopic (exact) mass is 401 g/mol. The number of hydrogen-bond acceptors (Lipinski definition) is 4. The van der Waals surface area contributed by atoms with Crippen LogP contribution in [0.3, 0.4) is 0 Å². The Morgan fingerprint density at radius 2 is 2.14 bits per heavy atom. The van der Waals surface area contributed by atoms with Crippen LogP contribution < -0.4 is 15.4 Å². The minimum absolute atomic E-state index is 0.0112. The van der Waals surface area contributed by atoms with Gasteiger partial charge in [0, 0.05) is 44.7 Å². The molecule has 2 atom stereocenters. The van der Waals surface area contributed by atoms with Crippen molar-refractivity contribution in [3.8, 4) is 5.75 Å². The lowest BCUT2D eigenvalue weighted by atomic mass is 9.86. The number of guanidine groups is 1. The summed E-state index contributed by atoms with van der Waals surface area (Å²) in [4.78, 5) is 4.45. The van der Waals surface area contributed by atoms with E-state index in [4.69, 9.17) is 14.2 Å². The third kappa shape index (κ3) is 5.23. The van der Waals surface area contributed by atoms with Gasteiger partial charge in [0.05, 0.1) is 19.3 Å². The number of fused-ring (bicyclic) bond motifs is 1. The first-order chi connectivity index (χ1) is 14.3. The smallest absolute Gasteiger partial charge is 0.191 e. The van der Waals surface area contributed by atoms with E-state index in [1.54, 1.807) is 0 Å². The second kappa shape index (κ2) is 9.81. The molecular formula is C23H35N3O3. The summed E-state index contributed by atoms with van der Waals surface area (Å²) in [6, 6.07) is 8.65. The van der Waals surface area contributed by atoms with Gasteiger partial charge < -0.3 is 24.8 Å². The van der Waals surface area contributed by atoms with Crippen LogP contribution in [0.15, 0.2) is 29.3 Å². The van der Waals surface area contributed by atoms with Gasteiger partial charge in [0.15, 0.2) is 5.96 Å². The molecule has 2 N–H and O–H groups in total. The molecule has 0 radical (unpaired) electrons. The fraction of sp³-hybridized carbons (Fsp3) is 0.696. The Balaban J connectivity index is 1.26. The van der Waals surface area contributed by atoms with E-state index in [1.807, 2.05) is 7.05 Å². The average Bonchev–Trinajstić information content (AvgIpc) is 3.42. The largest absolute Gasteiger partial charge is 0.487 e. The van der Waals surface area contributed by atoms with Crippen LogP contribution in [0, 0.1) is 5.92 Å². The van der Waals surface area contributed by atoms with Crippen molar-refractivity contribution in [2.24, 2.45) is 10.9 Å². The standard InChI is InChI=1S/C23H35N3O3/c1-24-22(25-12-6-13-27-16-18-9-14-28-17-18)26-20-15-23(10-4-5-11-23)29-21-8-3-2-7-19(20)21/h2-3,7-8,18,20H,4-6,9-17H2,1H3,(H2,24,25,26). The molecule has 6 heteroatoms. The number of nitrogens with zero attached hydrogens (tertiary/aromatic N) is 1. The first-order valence-electron chi connectivity index (χ1n) is 11.2. The fourth-order valence-electron chi connectivity index (χ4n) is 4.78. The number of aliphatic imine (C=N–C) groups is 1. The van der Waals surface area contributed by atoms with E-state index in [9.17, 15) is 0 Å². The van der Waals surface area contributed by atoms with Gasteiger partial charge in [0.1, 0.15) is 11.4 Å². The molecule has 0 amide bonds. The molecule has 1 aliphatic carbocycles. The third-order valence-corrected chi connectivity index (χ3v) is 6.38. The summed E-state index contributed by atoms with van der Waals surface area (Å²) in [7, 11) is 1.84. The first-order valence-corrected chi connectivity index (χ1v) is 11.2. The van der Waals surface area contributed by atoms with Crippen molar-refractivity contribution in [3.63, 3.8) is 0 Å². The summed E-state index contributed by atoms with van der Waals surface area (Å²) >= 11 is 0. The van der Waals surface area contributed by atoms with Crippen molar-refractivity contribution in [2.75, 3.05) is 40.0 Å². The van der Waals surface area contributed by atoms with Crippen molar-refractivity contribution in [1.82, 2.24) is 10.6 Å². The lowest BCUT2D eigenvalue weighted by molar-refractivity contribution is 0.0396. The molecule has 1 aromatic rings.